The highest BCUT2D eigenvalue weighted by Crippen LogP contribution is 2.68. The fourth-order valence-electron chi connectivity index (χ4n) is 7.43. The van der Waals surface area contributed by atoms with Crippen LogP contribution < -0.4 is 4.74 Å². The molecule has 5 aromatic carbocycles. The number of rotatable bonds is 4. The van der Waals surface area contributed by atoms with Gasteiger partial charge in [-0.3, -0.25) is 0 Å². The van der Waals surface area contributed by atoms with Gasteiger partial charge in [-0.2, -0.15) is 0 Å². The van der Waals surface area contributed by atoms with Crippen LogP contribution in [0, 0.1) is 0 Å². The molecule has 0 unspecified atom stereocenters. The van der Waals surface area contributed by atoms with E-state index >= 15 is 0 Å². The highest BCUT2D eigenvalue weighted by molar-refractivity contribution is 8.35. The molecule has 0 saturated carbocycles. The van der Waals surface area contributed by atoms with Crippen molar-refractivity contribution in [1.29, 1.82) is 0 Å². The summed E-state index contributed by atoms with van der Waals surface area (Å²) in [4.78, 5) is 1.59. The Bertz CT molecular complexity index is 1600. The van der Waals surface area contributed by atoms with Gasteiger partial charge in [0.15, 0.2) is 0 Å². The Morgan fingerprint density at radius 1 is 0.639 bits per heavy atom. The second-order valence-electron chi connectivity index (χ2n) is 11.9. The van der Waals surface area contributed by atoms with Crippen LogP contribution in [0.1, 0.15) is 66.5 Å². The highest BCUT2D eigenvalue weighted by Gasteiger charge is 2.39. The third-order valence-electron chi connectivity index (χ3n) is 8.84. The molecule has 0 aliphatic carbocycles. The SMILES string of the molecule is CC(C)S(c1cc2cc3c(c4ccc5cccc1c5c24)Oc1ccccc1C3(C)C)(C(C)C)C(C)C. The normalized spacial score (nSPS) is 15.8. The topological polar surface area (TPSA) is 9.23 Å². The van der Waals surface area contributed by atoms with E-state index in [9.17, 15) is 0 Å². The molecule has 1 aliphatic heterocycles. The van der Waals surface area contributed by atoms with E-state index in [0.29, 0.717) is 15.7 Å². The first-order chi connectivity index (χ1) is 17.1. The molecule has 0 atom stereocenters. The standard InChI is InChI=1S/C34H38OS/c1-20(2)36(21(3)4,22(5)6)30-19-24-18-28-33(35-29-15-10-9-14-27(29)34(28,7)8)26-17-16-23-12-11-13-25(30)31(23)32(24)26/h9-22H,1-8H3. The van der Waals surface area contributed by atoms with Crippen molar-refractivity contribution in [1.82, 2.24) is 0 Å². The number of benzene rings is 5. The van der Waals surface area contributed by atoms with Gasteiger partial charge in [0.1, 0.15) is 11.5 Å². The van der Waals surface area contributed by atoms with Gasteiger partial charge in [-0.1, -0.05) is 97.9 Å². The van der Waals surface area contributed by atoms with Gasteiger partial charge in [-0.05, 0) is 66.5 Å². The lowest BCUT2D eigenvalue weighted by Crippen LogP contribution is -2.29. The fraction of sp³-hybridized carbons (Fsp3) is 0.353. The monoisotopic (exact) mass is 494 g/mol. The lowest BCUT2D eigenvalue weighted by molar-refractivity contribution is 0.423. The molecule has 36 heavy (non-hydrogen) atoms. The molecule has 0 fully saturated rings. The Hall–Kier alpha value is -2.71. The van der Waals surface area contributed by atoms with Crippen LogP contribution in [-0.2, 0) is 5.41 Å². The van der Waals surface area contributed by atoms with E-state index < -0.39 is 10.0 Å². The van der Waals surface area contributed by atoms with E-state index in [1.165, 1.54) is 43.4 Å². The molecule has 0 amide bonds. The van der Waals surface area contributed by atoms with Gasteiger partial charge < -0.3 is 4.74 Å². The van der Waals surface area contributed by atoms with Crippen LogP contribution in [0.3, 0.4) is 0 Å². The van der Waals surface area contributed by atoms with Crippen LogP contribution in [-0.4, -0.2) is 15.7 Å². The highest BCUT2D eigenvalue weighted by atomic mass is 32.3. The van der Waals surface area contributed by atoms with E-state index in [-0.39, 0.29) is 5.41 Å². The smallest absolute Gasteiger partial charge is 0.139 e. The summed E-state index contributed by atoms with van der Waals surface area (Å²) < 4.78 is 6.69. The third-order valence-corrected chi connectivity index (χ3v) is 14.6. The van der Waals surface area contributed by atoms with Crippen molar-refractivity contribution < 1.29 is 4.74 Å². The number of para-hydroxylation sites is 1. The van der Waals surface area contributed by atoms with E-state index in [4.69, 9.17) is 4.74 Å². The summed E-state index contributed by atoms with van der Waals surface area (Å²) in [6, 6.07) is 25.1. The molecule has 186 valence electrons. The van der Waals surface area contributed by atoms with Crippen molar-refractivity contribution in [3.8, 4) is 11.5 Å². The average Bonchev–Trinajstić information content (AvgIpc) is 2.83. The first-order valence-electron chi connectivity index (χ1n) is 13.4. The maximum absolute atomic E-state index is 6.69. The fourth-order valence-corrected chi connectivity index (χ4v) is 13.1. The zero-order chi connectivity index (χ0) is 25.6. The summed E-state index contributed by atoms with van der Waals surface area (Å²) in [6.45, 7) is 19.4. The molecule has 0 N–H and O–H groups in total. The predicted octanol–water partition coefficient (Wildman–Crippen LogP) is 10.4. The summed E-state index contributed by atoms with van der Waals surface area (Å²) >= 11 is 0. The predicted molar refractivity (Wildman–Crippen MR) is 160 cm³/mol. The molecule has 2 heteroatoms. The number of hydrogen-bond donors (Lipinski definition) is 0. The Morgan fingerprint density at radius 3 is 2.00 bits per heavy atom. The second kappa shape index (κ2) is 7.89. The van der Waals surface area contributed by atoms with Gasteiger partial charge in [-0.15, -0.1) is 0 Å². The van der Waals surface area contributed by atoms with Gasteiger partial charge in [0.05, 0.1) is 0 Å². The Balaban J connectivity index is 1.80. The van der Waals surface area contributed by atoms with Crippen molar-refractivity contribution >= 4 is 42.3 Å². The summed E-state index contributed by atoms with van der Waals surface area (Å²) in [7, 11) is -1.10. The molecular weight excluding hydrogens is 456 g/mol. The summed E-state index contributed by atoms with van der Waals surface area (Å²) in [5.41, 5.74) is 2.42. The van der Waals surface area contributed by atoms with Crippen molar-refractivity contribution in [2.24, 2.45) is 0 Å². The molecule has 0 bridgehead atoms. The van der Waals surface area contributed by atoms with Crippen LogP contribution in [0.15, 0.2) is 71.6 Å². The van der Waals surface area contributed by atoms with Crippen LogP contribution in [0.2, 0.25) is 0 Å². The van der Waals surface area contributed by atoms with Crippen molar-refractivity contribution in [2.75, 3.05) is 0 Å². The Morgan fingerprint density at radius 2 is 1.31 bits per heavy atom. The van der Waals surface area contributed by atoms with Crippen LogP contribution in [0.25, 0.3) is 32.3 Å². The van der Waals surface area contributed by atoms with Crippen LogP contribution >= 0.6 is 10.0 Å². The van der Waals surface area contributed by atoms with Gasteiger partial charge in [0, 0.05) is 27.3 Å². The maximum atomic E-state index is 6.69. The molecule has 6 rings (SSSR count). The summed E-state index contributed by atoms with van der Waals surface area (Å²) in [6.07, 6.45) is 0. The second-order valence-corrected chi connectivity index (χ2v) is 16.7. The molecular formula is C34H38OS. The number of fused-ring (bicyclic) bond motifs is 3. The van der Waals surface area contributed by atoms with Crippen molar-refractivity contribution in [3.05, 3.63) is 77.9 Å². The largest absolute Gasteiger partial charge is 0.456 e. The molecule has 0 radical (unpaired) electrons. The third kappa shape index (κ3) is 2.91. The maximum Gasteiger partial charge on any atom is 0.139 e. The van der Waals surface area contributed by atoms with Gasteiger partial charge in [0.25, 0.3) is 0 Å². The Labute approximate surface area is 217 Å². The number of ether oxygens (including phenoxy) is 1. The minimum absolute atomic E-state index is 0.132. The molecule has 0 spiro atoms. The zero-order valence-corrected chi connectivity index (χ0v) is 23.7. The first kappa shape index (κ1) is 23.7. The first-order valence-corrected chi connectivity index (χ1v) is 15.2. The Kier molecular flexibility index (Phi) is 5.19. The lowest BCUT2D eigenvalue weighted by atomic mass is 9.74. The van der Waals surface area contributed by atoms with E-state index in [2.05, 4.69) is 122 Å². The average molecular weight is 495 g/mol. The molecule has 1 nitrogen and oxygen atoms in total. The van der Waals surface area contributed by atoms with Crippen molar-refractivity contribution in [3.63, 3.8) is 0 Å². The van der Waals surface area contributed by atoms with E-state index in [0.717, 1.165) is 11.5 Å². The number of hydrogen-bond acceptors (Lipinski definition) is 1. The quantitative estimate of drug-likeness (QED) is 0.226. The van der Waals surface area contributed by atoms with Crippen molar-refractivity contribution in [2.45, 2.75) is 81.5 Å². The lowest BCUT2D eigenvalue weighted by Gasteiger charge is -2.52. The minimum atomic E-state index is -1.10. The molecule has 0 aromatic heterocycles. The molecule has 0 saturated heterocycles. The minimum Gasteiger partial charge on any atom is -0.456 e. The van der Waals surface area contributed by atoms with Gasteiger partial charge in [0.2, 0.25) is 0 Å². The van der Waals surface area contributed by atoms with Gasteiger partial charge in [-0.25, -0.2) is 10.0 Å². The molecule has 5 aromatic rings. The zero-order valence-electron chi connectivity index (χ0n) is 22.9. The van der Waals surface area contributed by atoms with E-state index in [1.54, 1.807) is 4.90 Å². The molecule has 1 heterocycles. The van der Waals surface area contributed by atoms with Crippen LogP contribution in [0.4, 0.5) is 0 Å². The van der Waals surface area contributed by atoms with Gasteiger partial charge >= 0.3 is 0 Å². The van der Waals surface area contributed by atoms with Crippen LogP contribution in [0.5, 0.6) is 11.5 Å². The molecule has 1 aliphatic rings. The summed E-state index contributed by atoms with van der Waals surface area (Å²) in [5, 5.41) is 9.92. The van der Waals surface area contributed by atoms with E-state index in [1.807, 2.05) is 0 Å². The summed E-state index contributed by atoms with van der Waals surface area (Å²) in [5.74, 6) is 2.01.